The van der Waals surface area contributed by atoms with Gasteiger partial charge in [0, 0.05) is 25.1 Å². The predicted octanol–water partition coefficient (Wildman–Crippen LogP) is 2.38. The summed E-state index contributed by atoms with van der Waals surface area (Å²) in [4.78, 5) is 15.1. The molecule has 2 rings (SSSR count). The Labute approximate surface area is 130 Å². The first-order valence-corrected chi connectivity index (χ1v) is 7.55. The second-order valence-corrected chi connectivity index (χ2v) is 5.22. The van der Waals surface area contributed by atoms with Crippen LogP contribution in [0.1, 0.15) is 37.9 Å². The van der Waals surface area contributed by atoms with Gasteiger partial charge < -0.3 is 18.9 Å². The van der Waals surface area contributed by atoms with Crippen molar-refractivity contribution in [2.75, 3.05) is 19.8 Å². The molecule has 2 heterocycles. The Hall–Kier alpha value is -1.66. The van der Waals surface area contributed by atoms with Gasteiger partial charge in [0.2, 0.25) is 0 Å². The summed E-state index contributed by atoms with van der Waals surface area (Å²) in [6.45, 7) is 7.24. The van der Waals surface area contributed by atoms with Crippen LogP contribution in [0.2, 0.25) is 0 Å². The fraction of sp³-hybridized carbons (Fsp3) is 0.625. The van der Waals surface area contributed by atoms with Gasteiger partial charge >= 0.3 is 5.97 Å². The lowest BCUT2D eigenvalue weighted by atomic mass is 10.1. The van der Waals surface area contributed by atoms with Crippen LogP contribution in [-0.4, -0.2) is 36.6 Å². The first kappa shape index (κ1) is 16.7. The van der Waals surface area contributed by atoms with Crippen molar-refractivity contribution < 1.29 is 23.7 Å². The van der Waals surface area contributed by atoms with Crippen LogP contribution in [0.25, 0.3) is 0 Å². The number of hydrogen-bond acceptors (Lipinski definition) is 6. The van der Waals surface area contributed by atoms with Crippen LogP contribution in [0.4, 0.5) is 0 Å². The number of nitrogens with zero attached hydrogens (tertiary/aromatic N) is 1. The van der Waals surface area contributed by atoms with Crippen LogP contribution in [0.15, 0.2) is 12.3 Å². The van der Waals surface area contributed by atoms with E-state index in [1.54, 1.807) is 6.20 Å². The summed E-state index contributed by atoms with van der Waals surface area (Å²) in [5.41, 5.74) is 1.58. The highest BCUT2D eigenvalue weighted by molar-refractivity contribution is 5.65. The smallest absolute Gasteiger partial charge is 0.303 e. The van der Waals surface area contributed by atoms with Crippen LogP contribution < -0.4 is 4.74 Å². The van der Waals surface area contributed by atoms with E-state index in [1.165, 1.54) is 6.92 Å². The monoisotopic (exact) mass is 309 g/mol. The lowest BCUT2D eigenvalue weighted by Gasteiger charge is -2.25. The summed E-state index contributed by atoms with van der Waals surface area (Å²) < 4.78 is 22.2. The number of carbonyl (C=O) groups excluding carboxylic acids is 1. The van der Waals surface area contributed by atoms with Crippen molar-refractivity contribution in [3.8, 4) is 5.75 Å². The second kappa shape index (κ2) is 7.56. The molecular formula is C16H23NO5. The van der Waals surface area contributed by atoms with E-state index in [4.69, 9.17) is 18.9 Å². The Bertz CT molecular complexity index is 511. The summed E-state index contributed by atoms with van der Waals surface area (Å²) in [5, 5.41) is 0. The highest BCUT2D eigenvalue weighted by Gasteiger charge is 2.34. The van der Waals surface area contributed by atoms with E-state index >= 15 is 0 Å². The Morgan fingerprint density at radius 2 is 2.14 bits per heavy atom. The minimum atomic E-state index is -0.512. The van der Waals surface area contributed by atoms with Gasteiger partial charge in [-0.15, -0.1) is 0 Å². The molecule has 0 amide bonds. The summed E-state index contributed by atoms with van der Waals surface area (Å²) in [7, 11) is 0. The van der Waals surface area contributed by atoms with Crippen molar-refractivity contribution in [3.63, 3.8) is 0 Å². The lowest BCUT2D eigenvalue weighted by molar-refractivity contribution is -0.167. The van der Waals surface area contributed by atoms with Crippen LogP contribution in [-0.2, 0) is 25.6 Å². The third-order valence-corrected chi connectivity index (χ3v) is 3.76. The Morgan fingerprint density at radius 1 is 1.41 bits per heavy atom. The largest absolute Gasteiger partial charge is 0.493 e. The normalized spacial score (nSPS) is 16.5. The fourth-order valence-electron chi connectivity index (χ4n) is 2.37. The summed E-state index contributed by atoms with van der Waals surface area (Å²) in [6.07, 6.45) is 3.12. The highest BCUT2D eigenvalue weighted by atomic mass is 16.7. The number of ether oxygens (including phenoxy) is 4. The maximum Gasteiger partial charge on any atom is 0.303 e. The van der Waals surface area contributed by atoms with Gasteiger partial charge in [0.05, 0.1) is 25.5 Å². The minimum Gasteiger partial charge on any atom is -0.493 e. The molecule has 0 aliphatic carbocycles. The van der Waals surface area contributed by atoms with Crippen molar-refractivity contribution >= 4 is 5.97 Å². The number of rotatable bonds is 7. The molecule has 1 aliphatic rings. The number of carbonyl (C=O) groups is 1. The Morgan fingerprint density at radius 3 is 2.77 bits per heavy atom. The summed E-state index contributed by atoms with van der Waals surface area (Å²) in [5.74, 6) is -0.101. The van der Waals surface area contributed by atoms with Crippen molar-refractivity contribution in [2.24, 2.45) is 0 Å². The summed E-state index contributed by atoms with van der Waals surface area (Å²) in [6, 6.07) is 1.81. The molecule has 0 unspecified atom stereocenters. The van der Waals surface area contributed by atoms with E-state index in [-0.39, 0.29) is 12.6 Å². The van der Waals surface area contributed by atoms with Gasteiger partial charge in [0.25, 0.3) is 0 Å². The minimum absolute atomic E-state index is 0.156. The molecular weight excluding hydrogens is 286 g/mol. The molecule has 0 N–H and O–H groups in total. The Balaban J connectivity index is 1.92. The predicted molar refractivity (Wildman–Crippen MR) is 79.5 cm³/mol. The van der Waals surface area contributed by atoms with Gasteiger partial charge in [-0.05, 0) is 19.4 Å². The van der Waals surface area contributed by atoms with Gasteiger partial charge in [-0.3, -0.25) is 9.78 Å². The molecule has 6 heteroatoms. The molecule has 0 atom stereocenters. The molecule has 1 fully saturated rings. The molecule has 0 spiro atoms. The van der Waals surface area contributed by atoms with E-state index in [0.717, 1.165) is 17.7 Å². The number of pyridine rings is 1. The van der Waals surface area contributed by atoms with Gasteiger partial charge in [-0.2, -0.15) is 0 Å². The average molecular weight is 309 g/mol. The molecule has 0 bridgehead atoms. The van der Waals surface area contributed by atoms with Crippen molar-refractivity contribution in [1.29, 1.82) is 0 Å². The van der Waals surface area contributed by atoms with E-state index in [2.05, 4.69) is 4.98 Å². The zero-order valence-electron chi connectivity index (χ0n) is 13.4. The van der Waals surface area contributed by atoms with Crippen LogP contribution >= 0.6 is 0 Å². The van der Waals surface area contributed by atoms with E-state index in [0.29, 0.717) is 31.9 Å². The van der Waals surface area contributed by atoms with Crippen molar-refractivity contribution in [2.45, 2.75) is 46.0 Å². The molecule has 1 aromatic heterocycles. The van der Waals surface area contributed by atoms with E-state index < -0.39 is 5.79 Å². The Kier molecular flexibility index (Phi) is 5.74. The third-order valence-electron chi connectivity index (χ3n) is 3.76. The van der Waals surface area contributed by atoms with Gasteiger partial charge in [-0.25, -0.2) is 0 Å². The summed E-state index contributed by atoms with van der Waals surface area (Å²) >= 11 is 0. The van der Waals surface area contributed by atoms with Gasteiger partial charge in [0.1, 0.15) is 12.4 Å². The molecule has 0 saturated carbocycles. The molecule has 0 aromatic carbocycles. The number of esters is 1. The first-order chi connectivity index (χ1) is 10.6. The van der Waals surface area contributed by atoms with E-state index in [1.807, 2.05) is 19.9 Å². The fourth-order valence-corrected chi connectivity index (χ4v) is 2.37. The van der Waals surface area contributed by atoms with Crippen LogP contribution in [0.3, 0.4) is 0 Å². The van der Waals surface area contributed by atoms with Gasteiger partial charge in [0.15, 0.2) is 5.79 Å². The maximum atomic E-state index is 10.9. The van der Waals surface area contributed by atoms with Crippen molar-refractivity contribution in [3.05, 3.63) is 23.5 Å². The third kappa shape index (κ3) is 4.18. The molecule has 122 valence electrons. The highest BCUT2D eigenvalue weighted by Crippen LogP contribution is 2.28. The molecule has 1 aromatic rings. The maximum absolute atomic E-state index is 10.9. The molecule has 0 radical (unpaired) electrons. The zero-order valence-corrected chi connectivity index (χ0v) is 13.4. The molecule has 1 saturated heterocycles. The molecule has 6 nitrogen and oxygen atoms in total. The topological polar surface area (TPSA) is 66.9 Å². The lowest BCUT2D eigenvalue weighted by Crippen LogP contribution is -2.31. The second-order valence-electron chi connectivity index (χ2n) is 5.22. The quantitative estimate of drug-likeness (QED) is 0.720. The number of aromatic nitrogens is 1. The average Bonchev–Trinajstić information content (AvgIpc) is 2.97. The van der Waals surface area contributed by atoms with Gasteiger partial charge in [-0.1, -0.05) is 6.92 Å². The standard InChI is InChI=1S/C16H23NO5/c1-4-16(21-9-10-22-16)6-8-19-15-5-7-17-14(12(15)2)11-20-13(3)18/h5,7H,4,6,8-11H2,1-3H3. The van der Waals surface area contributed by atoms with Crippen LogP contribution in [0, 0.1) is 6.92 Å². The molecule has 1 aliphatic heterocycles. The van der Waals surface area contributed by atoms with Crippen molar-refractivity contribution in [1.82, 2.24) is 4.98 Å². The molecule has 22 heavy (non-hydrogen) atoms. The first-order valence-electron chi connectivity index (χ1n) is 7.55. The van der Waals surface area contributed by atoms with E-state index in [9.17, 15) is 4.79 Å². The SMILES string of the molecule is CCC1(CCOc2ccnc(COC(C)=O)c2C)OCCO1. The van der Waals surface area contributed by atoms with Crippen LogP contribution in [0.5, 0.6) is 5.75 Å². The zero-order chi connectivity index (χ0) is 16.0. The number of hydrogen-bond donors (Lipinski definition) is 0.